The molecule has 0 atom stereocenters. The lowest BCUT2D eigenvalue weighted by molar-refractivity contribution is 0.740. The maximum atomic E-state index is 4.70. The van der Waals surface area contributed by atoms with Gasteiger partial charge in [-0.3, -0.25) is 4.99 Å². The van der Waals surface area contributed by atoms with E-state index in [1.165, 1.54) is 22.0 Å². The van der Waals surface area contributed by atoms with Crippen LogP contribution < -0.4 is 0 Å². The first-order valence-corrected chi connectivity index (χ1v) is 6.58. The summed E-state index contributed by atoms with van der Waals surface area (Å²) in [6.45, 7) is 6.61. The van der Waals surface area contributed by atoms with E-state index in [0.29, 0.717) is 0 Å². The number of hydrogen-bond donors (Lipinski definition) is 0. The van der Waals surface area contributed by atoms with Crippen molar-refractivity contribution >= 4 is 38.1 Å². The molecule has 1 nitrogen and oxygen atoms in total. The second-order valence-electron chi connectivity index (χ2n) is 5.12. The lowest BCUT2D eigenvalue weighted by Gasteiger charge is -2.22. The minimum absolute atomic E-state index is 0.0373. The van der Waals surface area contributed by atoms with Crippen LogP contribution >= 0.6 is 15.9 Å². The van der Waals surface area contributed by atoms with Crippen LogP contribution in [-0.2, 0) is 5.41 Å². The monoisotopic (exact) mass is 287 g/mol. The van der Waals surface area contributed by atoms with Gasteiger partial charge in [0.1, 0.15) is 0 Å². The standard InChI is InChI=1S/C15H14BrN/c1-9-15(2,3)14-11-7-5-4-6-10(11)12(16)8-13(14)17-9/h4-8H,1-3H3. The molecule has 0 aromatic heterocycles. The van der Waals surface area contributed by atoms with Crippen LogP contribution in [0.4, 0.5) is 5.69 Å². The Kier molecular flexibility index (Phi) is 2.21. The summed E-state index contributed by atoms with van der Waals surface area (Å²) in [4.78, 5) is 4.70. The fourth-order valence-corrected chi connectivity index (χ4v) is 3.13. The number of benzene rings is 2. The average Bonchev–Trinajstić information content (AvgIpc) is 2.50. The van der Waals surface area contributed by atoms with Crippen LogP contribution in [0.15, 0.2) is 39.8 Å². The zero-order chi connectivity index (χ0) is 12.2. The Labute approximate surface area is 110 Å². The highest BCUT2D eigenvalue weighted by molar-refractivity contribution is 9.10. The summed E-state index contributed by atoms with van der Waals surface area (Å²) in [5.74, 6) is 0. The number of nitrogens with zero attached hydrogens (tertiary/aromatic N) is 1. The van der Waals surface area contributed by atoms with Gasteiger partial charge in [-0.1, -0.05) is 54.0 Å². The van der Waals surface area contributed by atoms with Crippen LogP contribution in [0.3, 0.4) is 0 Å². The smallest absolute Gasteiger partial charge is 0.0688 e. The lowest BCUT2D eigenvalue weighted by atomic mass is 9.80. The molecular weight excluding hydrogens is 274 g/mol. The van der Waals surface area contributed by atoms with Crippen molar-refractivity contribution in [1.82, 2.24) is 0 Å². The van der Waals surface area contributed by atoms with E-state index in [1.807, 2.05) is 0 Å². The molecule has 86 valence electrons. The third-order valence-corrected chi connectivity index (χ3v) is 4.45. The molecule has 17 heavy (non-hydrogen) atoms. The van der Waals surface area contributed by atoms with Gasteiger partial charge in [-0.05, 0) is 29.3 Å². The van der Waals surface area contributed by atoms with Gasteiger partial charge in [-0.15, -0.1) is 0 Å². The summed E-state index contributed by atoms with van der Waals surface area (Å²) < 4.78 is 1.13. The first-order chi connectivity index (χ1) is 8.01. The minimum atomic E-state index is 0.0373. The van der Waals surface area contributed by atoms with Crippen molar-refractivity contribution in [1.29, 1.82) is 0 Å². The van der Waals surface area contributed by atoms with Crippen molar-refractivity contribution in [3.05, 3.63) is 40.4 Å². The molecule has 0 aliphatic carbocycles. The van der Waals surface area contributed by atoms with Crippen molar-refractivity contribution in [3.8, 4) is 0 Å². The van der Waals surface area contributed by atoms with Crippen LogP contribution in [0.5, 0.6) is 0 Å². The van der Waals surface area contributed by atoms with E-state index in [0.717, 1.165) is 10.2 Å². The van der Waals surface area contributed by atoms with Crippen LogP contribution in [0.25, 0.3) is 10.8 Å². The molecule has 0 radical (unpaired) electrons. The quantitative estimate of drug-likeness (QED) is 0.648. The molecule has 0 saturated carbocycles. The highest BCUT2D eigenvalue weighted by atomic mass is 79.9. The van der Waals surface area contributed by atoms with Gasteiger partial charge in [-0.25, -0.2) is 0 Å². The van der Waals surface area contributed by atoms with Gasteiger partial charge in [0, 0.05) is 15.6 Å². The zero-order valence-electron chi connectivity index (χ0n) is 10.2. The highest BCUT2D eigenvalue weighted by Gasteiger charge is 2.34. The van der Waals surface area contributed by atoms with Gasteiger partial charge in [0.25, 0.3) is 0 Å². The van der Waals surface area contributed by atoms with Gasteiger partial charge in [0.15, 0.2) is 0 Å². The van der Waals surface area contributed by atoms with E-state index in [-0.39, 0.29) is 5.41 Å². The van der Waals surface area contributed by atoms with Gasteiger partial charge in [-0.2, -0.15) is 0 Å². The molecule has 0 N–H and O–H groups in total. The summed E-state index contributed by atoms with van der Waals surface area (Å²) in [5.41, 5.74) is 3.69. The first-order valence-electron chi connectivity index (χ1n) is 5.79. The van der Waals surface area contributed by atoms with Gasteiger partial charge >= 0.3 is 0 Å². The second kappa shape index (κ2) is 3.42. The van der Waals surface area contributed by atoms with Crippen LogP contribution in [-0.4, -0.2) is 5.71 Å². The SMILES string of the molecule is CC1=Nc2cc(Br)c3ccccc3c2C1(C)C. The fraction of sp³-hybridized carbons (Fsp3) is 0.267. The molecule has 2 aromatic carbocycles. The van der Waals surface area contributed by atoms with Crippen molar-refractivity contribution < 1.29 is 0 Å². The summed E-state index contributed by atoms with van der Waals surface area (Å²) in [5, 5.41) is 2.58. The highest BCUT2D eigenvalue weighted by Crippen LogP contribution is 2.46. The minimum Gasteiger partial charge on any atom is -0.257 e. The van der Waals surface area contributed by atoms with Crippen molar-refractivity contribution in [2.24, 2.45) is 4.99 Å². The molecule has 0 spiro atoms. The maximum Gasteiger partial charge on any atom is 0.0688 e. The summed E-state index contributed by atoms with van der Waals surface area (Å²) in [6.07, 6.45) is 0. The Balaban J connectivity index is 2.49. The summed E-state index contributed by atoms with van der Waals surface area (Å²) >= 11 is 3.64. The maximum absolute atomic E-state index is 4.70. The van der Waals surface area contributed by atoms with Crippen molar-refractivity contribution in [2.45, 2.75) is 26.2 Å². The number of aliphatic imine (C=N–C) groups is 1. The van der Waals surface area contributed by atoms with E-state index < -0.39 is 0 Å². The Morgan fingerprint density at radius 2 is 1.76 bits per heavy atom. The zero-order valence-corrected chi connectivity index (χ0v) is 11.8. The van der Waals surface area contributed by atoms with E-state index in [1.54, 1.807) is 0 Å². The molecule has 1 heterocycles. The fourth-order valence-electron chi connectivity index (χ4n) is 2.56. The van der Waals surface area contributed by atoms with Gasteiger partial charge < -0.3 is 0 Å². The molecule has 2 heteroatoms. The van der Waals surface area contributed by atoms with Crippen molar-refractivity contribution in [3.63, 3.8) is 0 Å². The van der Waals surface area contributed by atoms with Gasteiger partial charge in [0.05, 0.1) is 5.69 Å². The predicted octanol–water partition coefficient (Wildman–Crippen LogP) is 4.99. The summed E-state index contributed by atoms with van der Waals surface area (Å²) in [6, 6.07) is 10.7. The van der Waals surface area contributed by atoms with E-state index >= 15 is 0 Å². The molecule has 1 aliphatic rings. The molecule has 0 bridgehead atoms. The lowest BCUT2D eigenvalue weighted by Crippen LogP contribution is -2.22. The summed E-state index contributed by atoms with van der Waals surface area (Å²) in [7, 11) is 0. The molecule has 0 saturated heterocycles. The molecule has 3 rings (SSSR count). The molecule has 0 fully saturated rings. The topological polar surface area (TPSA) is 12.4 Å². The number of fused-ring (bicyclic) bond motifs is 3. The molecule has 0 unspecified atom stereocenters. The van der Waals surface area contributed by atoms with E-state index in [9.17, 15) is 0 Å². The Morgan fingerprint density at radius 1 is 1.12 bits per heavy atom. The third kappa shape index (κ3) is 1.40. The van der Waals surface area contributed by atoms with Crippen LogP contribution in [0, 0.1) is 0 Å². The molecule has 1 aliphatic heterocycles. The predicted molar refractivity (Wildman–Crippen MR) is 77.4 cm³/mol. The number of rotatable bonds is 0. The Hall–Kier alpha value is -1.15. The number of halogens is 1. The van der Waals surface area contributed by atoms with Gasteiger partial charge in [0.2, 0.25) is 0 Å². The molecular formula is C15H14BrN. The largest absolute Gasteiger partial charge is 0.257 e. The first kappa shape index (κ1) is 11.0. The molecule has 2 aromatic rings. The average molecular weight is 288 g/mol. The van der Waals surface area contributed by atoms with Crippen LogP contribution in [0.2, 0.25) is 0 Å². The van der Waals surface area contributed by atoms with E-state index in [4.69, 9.17) is 4.99 Å². The Bertz CT molecular complexity index is 653. The second-order valence-corrected chi connectivity index (χ2v) is 5.97. The Morgan fingerprint density at radius 3 is 2.47 bits per heavy atom. The van der Waals surface area contributed by atoms with E-state index in [2.05, 4.69) is 67.0 Å². The molecule has 0 amide bonds. The number of hydrogen-bond acceptors (Lipinski definition) is 1. The van der Waals surface area contributed by atoms with Crippen LogP contribution in [0.1, 0.15) is 26.3 Å². The van der Waals surface area contributed by atoms with Crippen molar-refractivity contribution in [2.75, 3.05) is 0 Å². The normalized spacial score (nSPS) is 17.1. The third-order valence-electron chi connectivity index (χ3n) is 3.79.